The zero-order chi connectivity index (χ0) is 19.3. The zero-order valence-corrected chi connectivity index (χ0v) is 16.6. The first-order valence-electron chi connectivity index (χ1n) is 9.45. The molecular formula is C21H27ClFN3O2. The van der Waals surface area contributed by atoms with Crippen molar-refractivity contribution in [3.8, 4) is 0 Å². The van der Waals surface area contributed by atoms with Crippen LogP contribution in [0.3, 0.4) is 0 Å². The van der Waals surface area contributed by atoms with Crippen LogP contribution in [0.2, 0.25) is 0 Å². The summed E-state index contributed by atoms with van der Waals surface area (Å²) in [5.74, 6) is -0.484. The number of pyridine rings is 1. The van der Waals surface area contributed by atoms with Crippen LogP contribution >= 0.6 is 12.4 Å². The molecule has 152 valence electrons. The van der Waals surface area contributed by atoms with Gasteiger partial charge in [0.2, 0.25) is 5.91 Å². The molecular weight excluding hydrogens is 381 g/mol. The minimum Gasteiger partial charge on any atom is -0.330 e. The smallest absolute Gasteiger partial charge is 0.274 e. The van der Waals surface area contributed by atoms with E-state index in [1.54, 1.807) is 30.5 Å². The monoisotopic (exact) mass is 407 g/mol. The Kier molecular flexibility index (Phi) is 7.78. The van der Waals surface area contributed by atoms with Gasteiger partial charge in [-0.3, -0.25) is 9.59 Å². The molecule has 2 aromatic rings. The highest BCUT2D eigenvalue weighted by atomic mass is 35.5. The van der Waals surface area contributed by atoms with Gasteiger partial charge in [-0.2, -0.15) is 0 Å². The molecule has 3 rings (SSSR count). The van der Waals surface area contributed by atoms with Gasteiger partial charge in [0.05, 0.1) is 6.54 Å². The highest BCUT2D eigenvalue weighted by Gasteiger charge is 2.33. The quantitative estimate of drug-likeness (QED) is 0.766. The predicted molar refractivity (Wildman–Crippen MR) is 111 cm³/mol. The lowest BCUT2D eigenvalue weighted by Crippen LogP contribution is -2.37. The van der Waals surface area contributed by atoms with Gasteiger partial charge in [-0.15, -0.1) is 12.4 Å². The third kappa shape index (κ3) is 5.42. The first-order chi connectivity index (χ1) is 13.0. The summed E-state index contributed by atoms with van der Waals surface area (Å²) in [5, 5.41) is 2.76. The standard InChI is InChI=1S/C21H26FN3O2.ClH/c22-17-8-6-16(7-9-17)14-25-12-4-5-18(20(25)27)24-19(26)13-21(15-23)10-2-1-3-11-21;/h4-9,12H,1-3,10-11,13-15,23H2,(H,24,26);1H. The largest absolute Gasteiger partial charge is 0.330 e. The van der Waals surface area contributed by atoms with Crippen molar-refractivity contribution in [1.29, 1.82) is 0 Å². The Labute approximate surface area is 170 Å². The summed E-state index contributed by atoms with van der Waals surface area (Å²) >= 11 is 0. The molecule has 1 aliphatic carbocycles. The van der Waals surface area contributed by atoms with Crippen LogP contribution in [0.15, 0.2) is 47.4 Å². The van der Waals surface area contributed by atoms with E-state index in [4.69, 9.17) is 5.73 Å². The van der Waals surface area contributed by atoms with Gasteiger partial charge in [0, 0.05) is 12.6 Å². The number of anilines is 1. The SMILES string of the molecule is Cl.NCC1(CC(=O)Nc2cccn(Cc3ccc(F)cc3)c2=O)CCCCC1. The zero-order valence-electron chi connectivity index (χ0n) is 15.8. The Hall–Kier alpha value is -2.18. The van der Waals surface area contributed by atoms with Crippen molar-refractivity contribution in [2.45, 2.75) is 45.1 Å². The lowest BCUT2D eigenvalue weighted by Gasteiger charge is -2.35. The van der Waals surface area contributed by atoms with E-state index in [1.807, 2.05) is 0 Å². The van der Waals surface area contributed by atoms with Gasteiger partial charge in [0.25, 0.3) is 5.56 Å². The van der Waals surface area contributed by atoms with E-state index >= 15 is 0 Å². The van der Waals surface area contributed by atoms with Crippen LogP contribution in [-0.4, -0.2) is 17.0 Å². The number of halogens is 2. The first kappa shape index (κ1) is 22.1. The second-order valence-electron chi connectivity index (χ2n) is 7.47. The Morgan fingerprint density at radius 2 is 1.82 bits per heavy atom. The number of nitrogens with two attached hydrogens (primary N) is 1. The fraction of sp³-hybridized carbons (Fsp3) is 0.429. The van der Waals surface area contributed by atoms with Gasteiger partial charge in [-0.25, -0.2) is 4.39 Å². The highest BCUT2D eigenvalue weighted by molar-refractivity contribution is 5.91. The number of hydrogen-bond donors (Lipinski definition) is 2. The van der Waals surface area contributed by atoms with Crippen LogP contribution in [0.25, 0.3) is 0 Å². The van der Waals surface area contributed by atoms with Crippen molar-refractivity contribution < 1.29 is 9.18 Å². The summed E-state index contributed by atoms with van der Waals surface area (Å²) in [7, 11) is 0. The molecule has 0 unspecified atom stereocenters. The van der Waals surface area contributed by atoms with Crippen LogP contribution in [0.1, 0.15) is 44.1 Å². The molecule has 28 heavy (non-hydrogen) atoms. The lowest BCUT2D eigenvalue weighted by molar-refractivity contribution is -0.118. The maximum atomic E-state index is 13.0. The molecule has 0 bridgehead atoms. The molecule has 0 atom stereocenters. The fourth-order valence-electron chi connectivity index (χ4n) is 3.83. The van der Waals surface area contributed by atoms with Crippen LogP contribution in [0.4, 0.5) is 10.1 Å². The predicted octanol–water partition coefficient (Wildman–Crippen LogP) is 3.70. The van der Waals surface area contributed by atoms with E-state index in [2.05, 4.69) is 5.32 Å². The number of amides is 1. The van der Waals surface area contributed by atoms with Gasteiger partial charge < -0.3 is 15.6 Å². The molecule has 1 aromatic heterocycles. The average Bonchev–Trinajstić information content (AvgIpc) is 2.67. The number of nitrogens with one attached hydrogen (secondary N) is 1. The van der Waals surface area contributed by atoms with E-state index < -0.39 is 0 Å². The molecule has 7 heteroatoms. The van der Waals surface area contributed by atoms with Crippen molar-refractivity contribution in [1.82, 2.24) is 4.57 Å². The molecule has 1 aromatic carbocycles. The molecule has 1 aliphatic rings. The third-order valence-corrected chi connectivity index (χ3v) is 5.44. The molecule has 1 fully saturated rings. The molecule has 1 amide bonds. The number of carbonyl (C=O) groups excluding carboxylic acids is 1. The molecule has 0 radical (unpaired) electrons. The average molecular weight is 408 g/mol. The van der Waals surface area contributed by atoms with Crippen molar-refractivity contribution in [2.75, 3.05) is 11.9 Å². The number of rotatable bonds is 6. The number of hydrogen-bond acceptors (Lipinski definition) is 3. The molecule has 1 saturated carbocycles. The topological polar surface area (TPSA) is 77.1 Å². The number of nitrogens with zero attached hydrogens (tertiary/aromatic N) is 1. The number of aromatic nitrogens is 1. The molecule has 5 nitrogen and oxygen atoms in total. The summed E-state index contributed by atoms with van der Waals surface area (Å²) in [5.41, 5.74) is 6.60. The summed E-state index contributed by atoms with van der Waals surface area (Å²) in [6.45, 7) is 0.805. The fourth-order valence-corrected chi connectivity index (χ4v) is 3.83. The molecule has 1 heterocycles. The Bertz CT molecular complexity index is 845. The Morgan fingerprint density at radius 3 is 2.46 bits per heavy atom. The van der Waals surface area contributed by atoms with E-state index in [0.29, 0.717) is 19.5 Å². The number of benzene rings is 1. The summed E-state index contributed by atoms with van der Waals surface area (Å²) < 4.78 is 14.5. The van der Waals surface area contributed by atoms with Crippen molar-refractivity contribution in [3.63, 3.8) is 0 Å². The summed E-state index contributed by atoms with van der Waals surface area (Å²) in [6, 6.07) is 9.34. The van der Waals surface area contributed by atoms with Gasteiger partial charge in [0.15, 0.2) is 0 Å². The summed E-state index contributed by atoms with van der Waals surface area (Å²) in [4.78, 5) is 25.2. The van der Waals surface area contributed by atoms with Crippen LogP contribution in [0.5, 0.6) is 0 Å². The first-order valence-corrected chi connectivity index (χ1v) is 9.45. The third-order valence-electron chi connectivity index (χ3n) is 5.44. The van der Waals surface area contributed by atoms with Gasteiger partial charge >= 0.3 is 0 Å². The van der Waals surface area contributed by atoms with E-state index in [0.717, 1.165) is 31.2 Å². The normalized spacial score (nSPS) is 15.5. The Morgan fingerprint density at radius 1 is 1.14 bits per heavy atom. The van der Waals surface area contributed by atoms with Gasteiger partial charge in [-0.1, -0.05) is 31.4 Å². The van der Waals surface area contributed by atoms with Gasteiger partial charge in [-0.05, 0) is 54.6 Å². The lowest BCUT2D eigenvalue weighted by atomic mass is 9.71. The molecule has 0 spiro atoms. The van der Waals surface area contributed by atoms with Crippen LogP contribution in [-0.2, 0) is 11.3 Å². The van der Waals surface area contributed by atoms with Crippen molar-refractivity contribution in [2.24, 2.45) is 11.1 Å². The second kappa shape index (κ2) is 9.85. The molecule has 0 aliphatic heterocycles. The number of carbonyl (C=O) groups is 1. The maximum Gasteiger partial charge on any atom is 0.274 e. The minimum absolute atomic E-state index is 0. The van der Waals surface area contributed by atoms with Crippen molar-refractivity contribution in [3.05, 3.63) is 64.3 Å². The minimum atomic E-state index is -0.316. The van der Waals surface area contributed by atoms with Gasteiger partial charge in [0.1, 0.15) is 11.5 Å². The molecule has 3 N–H and O–H groups in total. The Balaban J connectivity index is 0.00000280. The highest BCUT2D eigenvalue weighted by Crippen LogP contribution is 2.38. The summed E-state index contributed by atoms with van der Waals surface area (Å²) in [6.07, 6.45) is 7.30. The molecule has 0 saturated heterocycles. The van der Waals surface area contributed by atoms with E-state index in [1.165, 1.54) is 23.1 Å². The van der Waals surface area contributed by atoms with Crippen molar-refractivity contribution >= 4 is 24.0 Å². The second-order valence-corrected chi connectivity index (χ2v) is 7.47. The van der Waals surface area contributed by atoms with Crippen LogP contribution in [0, 0.1) is 11.2 Å². The van der Waals surface area contributed by atoms with Crippen LogP contribution < -0.4 is 16.6 Å². The maximum absolute atomic E-state index is 13.0. The van der Waals surface area contributed by atoms with E-state index in [9.17, 15) is 14.0 Å². The van der Waals surface area contributed by atoms with E-state index in [-0.39, 0.29) is 40.8 Å².